The molecule has 1 aliphatic heterocycles. The molecular formula is C17H23BrN2O3. The number of hydrogen-bond donors (Lipinski definition) is 2. The van der Waals surface area contributed by atoms with Gasteiger partial charge < -0.3 is 15.3 Å². The minimum Gasteiger partial charge on any atom is -0.481 e. The second-order valence-electron chi connectivity index (χ2n) is 5.97. The van der Waals surface area contributed by atoms with E-state index in [1.54, 1.807) is 4.90 Å². The predicted octanol–water partition coefficient (Wildman–Crippen LogP) is 3.28. The number of piperidine rings is 1. The van der Waals surface area contributed by atoms with Crippen LogP contribution in [0.1, 0.15) is 31.7 Å². The molecule has 2 N–H and O–H groups in total. The maximum Gasteiger partial charge on any atom is 0.317 e. The number of carbonyl (C=O) groups is 2. The molecule has 0 saturated carbocycles. The first-order chi connectivity index (χ1) is 11.0. The van der Waals surface area contributed by atoms with Crippen molar-refractivity contribution in [3.63, 3.8) is 0 Å². The van der Waals surface area contributed by atoms with Crippen LogP contribution in [0.2, 0.25) is 0 Å². The van der Waals surface area contributed by atoms with E-state index in [4.69, 9.17) is 5.11 Å². The van der Waals surface area contributed by atoms with Crippen LogP contribution in [0.3, 0.4) is 0 Å². The molecule has 5 nitrogen and oxygen atoms in total. The number of benzene rings is 1. The molecule has 0 aliphatic carbocycles. The lowest BCUT2D eigenvalue weighted by Crippen LogP contribution is -2.50. The number of carbonyl (C=O) groups excluding carboxylic acids is 1. The van der Waals surface area contributed by atoms with E-state index < -0.39 is 11.9 Å². The van der Waals surface area contributed by atoms with Crippen molar-refractivity contribution in [3.05, 3.63) is 34.3 Å². The lowest BCUT2D eigenvalue weighted by Gasteiger charge is -2.32. The number of nitrogens with zero attached hydrogens (tertiary/aromatic N) is 1. The molecule has 2 atom stereocenters. The SMILES string of the molecule is CCC(Cc1ccccc1Br)NC(=O)N1CCCC(C(=O)O)C1. The molecule has 1 heterocycles. The molecule has 1 aliphatic rings. The summed E-state index contributed by atoms with van der Waals surface area (Å²) in [4.78, 5) is 25.2. The summed E-state index contributed by atoms with van der Waals surface area (Å²) >= 11 is 3.53. The van der Waals surface area contributed by atoms with Gasteiger partial charge >= 0.3 is 12.0 Å². The van der Waals surface area contributed by atoms with Crippen molar-refractivity contribution in [2.45, 2.75) is 38.6 Å². The minimum atomic E-state index is -0.817. The summed E-state index contributed by atoms with van der Waals surface area (Å²) < 4.78 is 1.04. The third-order valence-corrected chi connectivity index (χ3v) is 5.08. The van der Waals surface area contributed by atoms with E-state index in [1.165, 1.54) is 0 Å². The van der Waals surface area contributed by atoms with Gasteiger partial charge in [-0.3, -0.25) is 4.79 Å². The fourth-order valence-electron chi connectivity index (χ4n) is 2.86. The van der Waals surface area contributed by atoms with Gasteiger partial charge in [-0.15, -0.1) is 0 Å². The molecule has 0 radical (unpaired) electrons. The van der Waals surface area contributed by atoms with Crippen molar-refractivity contribution < 1.29 is 14.7 Å². The second kappa shape index (κ2) is 8.34. The van der Waals surface area contributed by atoms with Gasteiger partial charge in [0.05, 0.1) is 5.92 Å². The quantitative estimate of drug-likeness (QED) is 0.820. The first-order valence-corrected chi connectivity index (χ1v) is 8.82. The molecule has 1 fully saturated rings. The van der Waals surface area contributed by atoms with Crippen LogP contribution in [0.4, 0.5) is 4.79 Å². The van der Waals surface area contributed by atoms with Crippen LogP contribution >= 0.6 is 15.9 Å². The van der Waals surface area contributed by atoms with Crippen molar-refractivity contribution >= 4 is 27.9 Å². The van der Waals surface area contributed by atoms with Crippen LogP contribution in [-0.2, 0) is 11.2 Å². The Morgan fingerprint density at radius 1 is 1.43 bits per heavy atom. The van der Waals surface area contributed by atoms with Crippen LogP contribution < -0.4 is 5.32 Å². The molecule has 0 spiro atoms. The van der Waals surface area contributed by atoms with Crippen molar-refractivity contribution in [2.75, 3.05) is 13.1 Å². The van der Waals surface area contributed by atoms with Gasteiger partial charge in [-0.25, -0.2) is 4.79 Å². The third kappa shape index (κ3) is 4.96. The Balaban J connectivity index is 1.94. The number of carboxylic acids is 1. The van der Waals surface area contributed by atoms with E-state index >= 15 is 0 Å². The number of urea groups is 1. The zero-order chi connectivity index (χ0) is 16.8. The molecular weight excluding hydrogens is 360 g/mol. The van der Waals surface area contributed by atoms with Crippen LogP contribution in [0.15, 0.2) is 28.7 Å². The van der Waals surface area contributed by atoms with Crippen LogP contribution in [0.5, 0.6) is 0 Å². The summed E-state index contributed by atoms with van der Waals surface area (Å²) in [6.45, 7) is 2.96. The topological polar surface area (TPSA) is 69.6 Å². The average Bonchev–Trinajstić information content (AvgIpc) is 2.56. The van der Waals surface area contributed by atoms with E-state index in [0.29, 0.717) is 19.5 Å². The first kappa shape index (κ1) is 17.8. The summed E-state index contributed by atoms with van der Waals surface area (Å²) in [7, 11) is 0. The van der Waals surface area contributed by atoms with E-state index in [1.807, 2.05) is 31.2 Å². The summed E-state index contributed by atoms with van der Waals surface area (Å²) in [6.07, 6.45) is 2.96. The van der Waals surface area contributed by atoms with E-state index in [2.05, 4.69) is 21.2 Å². The summed E-state index contributed by atoms with van der Waals surface area (Å²) in [6, 6.07) is 7.86. The lowest BCUT2D eigenvalue weighted by atomic mass is 9.98. The molecule has 0 bridgehead atoms. The molecule has 2 amide bonds. The average molecular weight is 383 g/mol. The van der Waals surface area contributed by atoms with Crippen molar-refractivity contribution in [1.29, 1.82) is 0 Å². The van der Waals surface area contributed by atoms with E-state index in [9.17, 15) is 9.59 Å². The fourth-order valence-corrected chi connectivity index (χ4v) is 3.30. The Hall–Kier alpha value is -1.56. The Labute approximate surface area is 145 Å². The number of hydrogen-bond acceptors (Lipinski definition) is 2. The van der Waals surface area contributed by atoms with Crippen LogP contribution in [0.25, 0.3) is 0 Å². The number of carboxylic acid groups (broad SMARTS) is 1. The maximum atomic E-state index is 12.4. The Bertz CT molecular complexity index is 565. The molecule has 1 aromatic rings. The molecule has 2 rings (SSSR count). The number of amides is 2. The summed E-state index contributed by atoms with van der Waals surface area (Å²) in [5.41, 5.74) is 1.15. The molecule has 2 unspecified atom stereocenters. The highest BCUT2D eigenvalue weighted by Crippen LogP contribution is 2.19. The molecule has 6 heteroatoms. The fraction of sp³-hybridized carbons (Fsp3) is 0.529. The van der Waals surface area contributed by atoms with Gasteiger partial charge in [-0.05, 0) is 37.3 Å². The first-order valence-electron chi connectivity index (χ1n) is 8.03. The zero-order valence-corrected chi connectivity index (χ0v) is 14.9. The Morgan fingerprint density at radius 3 is 2.83 bits per heavy atom. The van der Waals surface area contributed by atoms with Gasteiger partial charge in [0.1, 0.15) is 0 Å². The second-order valence-corrected chi connectivity index (χ2v) is 6.83. The largest absolute Gasteiger partial charge is 0.481 e. The summed E-state index contributed by atoms with van der Waals surface area (Å²) in [5.74, 6) is -1.26. The number of rotatable bonds is 5. The monoisotopic (exact) mass is 382 g/mol. The smallest absolute Gasteiger partial charge is 0.317 e. The van der Waals surface area contributed by atoms with E-state index in [0.717, 1.165) is 29.3 Å². The van der Waals surface area contributed by atoms with Crippen LogP contribution in [0, 0.1) is 5.92 Å². The standard InChI is InChI=1S/C17H23BrN2O3/c1-2-14(10-12-6-3-4-8-15(12)18)19-17(23)20-9-5-7-13(11-20)16(21)22/h3-4,6,8,13-14H,2,5,7,9-11H2,1H3,(H,19,23)(H,21,22). The van der Waals surface area contributed by atoms with Crippen LogP contribution in [-0.4, -0.2) is 41.1 Å². The van der Waals surface area contributed by atoms with Gasteiger partial charge in [0, 0.05) is 23.6 Å². The van der Waals surface area contributed by atoms with Gasteiger partial charge in [0.15, 0.2) is 0 Å². The predicted molar refractivity (Wildman–Crippen MR) is 92.4 cm³/mol. The molecule has 1 saturated heterocycles. The molecule has 23 heavy (non-hydrogen) atoms. The van der Waals surface area contributed by atoms with Gasteiger partial charge in [-0.2, -0.15) is 0 Å². The van der Waals surface area contributed by atoms with Crippen molar-refractivity contribution in [1.82, 2.24) is 10.2 Å². The highest BCUT2D eigenvalue weighted by atomic mass is 79.9. The highest BCUT2D eigenvalue weighted by molar-refractivity contribution is 9.10. The normalized spacial score (nSPS) is 19.2. The van der Waals surface area contributed by atoms with Gasteiger partial charge in [0.25, 0.3) is 0 Å². The lowest BCUT2D eigenvalue weighted by molar-refractivity contribution is -0.143. The Morgan fingerprint density at radius 2 is 2.17 bits per heavy atom. The molecule has 0 aromatic heterocycles. The van der Waals surface area contributed by atoms with Gasteiger partial charge in [0.2, 0.25) is 0 Å². The number of nitrogens with one attached hydrogen (secondary N) is 1. The van der Waals surface area contributed by atoms with E-state index in [-0.39, 0.29) is 12.1 Å². The number of likely N-dealkylation sites (tertiary alicyclic amines) is 1. The number of aliphatic carboxylic acids is 1. The molecule has 1 aromatic carbocycles. The van der Waals surface area contributed by atoms with Gasteiger partial charge in [-0.1, -0.05) is 41.1 Å². The maximum absolute atomic E-state index is 12.4. The summed E-state index contributed by atoms with van der Waals surface area (Å²) in [5, 5.41) is 12.2. The zero-order valence-electron chi connectivity index (χ0n) is 13.3. The molecule has 126 valence electrons. The Kier molecular flexibility index (Phi) is 6.45. The third-order valence-electron chi connectivity index (χ3n) is 4.30. The van der Waals surface area contributed by atoms with Crippen molar-refractivity contribution in [3.8, 4) is 0 Å². The van der Waals surface area contributed by atoms with Crippen molar-refractivity contribution in [2.24, 2.45) is 5.92 Å². The minimum absolute atomic E-state index is 0.0337. The number of halogens is 1. The highest BCUT2D eigenvalue weighted by Gasteiger charge is 2.28.